The Bertz CT molecular complexity index is 558. The first-order valence-corrected chi connectivity index (χ1v) is 10.5. The highest BCUT2D eigenvalue weighted by Crippen LogP contribution is 2.38. The summed E-state index contributed by atoms with van der Waals surface area (Å²) in [4.78, 5) is 11.2. The van der Waals surface area contributed by atoms with E-state index in [0.29, 0.717) is 5.56 Å². The standard InChI is InChI=1S/C22H36O3S/c1-5-15(2)9-6-10-16(3)11-7-12-17(4)21(26)18-13-8-14-19(20(18)23)22(24)25/h8,13-17,21,23,26H,5-7,9-12H2,1-4H3,(H,24,25). The van der Waals surface area contributed by atoms with Crippen LogP contribution in [0.5, 0.6) is 5.75 Å². The molecule has 0 heterocycles. The molecule has 0 fully saturated rings. The fourth-order valence-electron chi connectivity index (χ4n) is 3.39. The van der Waals surface area contributed by atoms with Gasteiger partial charge in [-0.15, -0.1) is 0 Å². The second-order valence-corrected chi connectivity index (χ2v) is 8.51. The number of carboxylic acids is 1. The number of hydrogen-bond acceptors (Lipinski definition) is 3. The van der Waals surface area contributed by atoms with Crippen LogP contribution in [0.2, 0.25) is 0 Å². The van der Waals surface area contributed by atoms with Crippen LogP contribution >= 0.6 is 12.6 Å². The Kier molecular flexibility index (Phi) is 10.1. The number of hydrogen-bond donors (Lipinski definition) is 3. The summed E-state index contributed by atoms with van der Waals surface area (Å²) < 4.78 is 0. The van der Waals surface area contributed by atoms with Crippen LogP contribution in [0, 0.1) is 17.8 Å². The Morgan fingerprint density at radius 1 is 1.04 bits per heavy atom. The predicted molar refractivity (Wildman–Crippen MR) is 112 cm³/mol. The van der Waals surface area contributed by atoms with E-state index >= 15 is 0 Å². The largest absolute Gasteiger partial charge is 0.507 e. The molecule has 0 bridgehead atoms. The third-order valence-electron chi connectivity index (χ3n) is 5.60. The minimum absolute atomic E-state index is 0.0521. The van der Waals surface area contributed by atoms with Crippen molar-refractivity contribution in [1.29, 1.82) is 0 Å². The third-order valence-corrected chi connectivity index (χ3v) is 6.39. The molecule has 0 aliphatic heterocycles. The molecule has 4 atom stereocenters. The Balaban J connectivity index is 2.45. The number of aromatic carboxylic acids is 1. The number of rotatable bonds is 12. The Hall–Kier alpha value is -1.16. The van der Waals surface area contributed by atoms with Crippen LogP contribution in [0.1, 0.15) is 93.8 Å². The summed E-state index contributed by atoms with van der Waals surface area (Å²) in [7, 11) is 0. The molecule has 26 heavy (non-hydrogen) atoms. The number of carboxylic acid groups (broad SMARTS) is 1. The Labute approximate surface area is 164 Å². The van der Waals surface area contributed by atoms with E-state index in [4.69, 9.17) is 5.11 Å². The van der Waals surface area contributed by atoms with E-state index in [0.717, 1.165) is 24.7 Å². The van der Waals surface area contributed by atoms with Crippen LogP contribution in [0.4, 0.5) is 0 Å². The minimum Gasteiger partial charge on any atom is -0.507 e. The van der Waals surface area contributed by atoms with E-state index in [1.165, 1.54) is 38.2 Å². The minimum atomic E-state index is -1.11. The average molecular weight is 381 g/mol. The lowest BCUT2D eigenvalue weighted by Gasteiger charge is -2.22. The highest BCUT2D eigenvalue weighted by Gasteiger charge is 2.22. The van der Waals surface area contributed by atoms with Crippen molar-refractivity contribution in [3.8, 4) is 5.75 Å². The fourth-order valence-corrected chi connectivity index (χ4v) is 3.75. The van der Waals surface area contributed by atoms with Crippen molar-refractivity contribution in [3.63, 3.8) is 0 Å². The van der Waals surface area contributed by atoms with Crippen molar-refractivity contribution in [1.82, 2.24) is 0 Å². The van der Waals surface area contributed by atoms with Crippen molar-refractivity contribution < 1.29 is 15.0 Å². The van der Waals surface area contributed by atoms with Gasteiger partial charge in [-0.1, -0.05) is 78.4 Å². The van der Waals surface area contributed by atoms with E-state index in [2.05, 4.69) is 40.3 Å². The van der Waals surface area contributed by atoms with E-state index in [1.54, 1.807) is 12.1 Å². The van der Waals surface area contributed by atoms with Crippen LogP contribution in [-0.4, -0.2) is 16.2 Å². The number of para-hydroxylation sites is 1. The van der Waals surface area contributed by atoms with Crippen LogP contribution < -0.4 is 0 Å². The SMILES string of the molecule is CCC(C)CCCC(C)CCCC(C)C(S)c1cccc(C(=O)O)c1O. The summed E-state index contributed by atoms with van der Waals surface area (Å²) in [6, 6.07) is 4.87. The molecule has 3 nitrogen and oxygen atoms in total. The van der Waals surface area contributed by atoms with Crippen LogP contribution in [0.3, 0.4) is 0 Å². The molecule has 1 aromatic carbocycles. The summed E-state index contributed by atoms with van der Waals surface area (Å²) in [5, 5.41) is 19.2. The molecule has 4 unspecified atom stereocenters. The maximum absolute atomic E-state index is 11.2. The molecule has 148 valence electrons. The molecule has 2 N–H and O–H groups in total. The molecule has 0 aromatic heterocycles. The molecule has 0 saturated carbocycles. The van der Waals surface area contributed by atoms with Crippen molar-refractivity contribution in [3.05, 3.63) is 29.3 Å². The molecule has 0 aliphatic carbocycles. The topological polar surface area (TPSA) is 57.5 Å². The summed E-state index contributed by atoms with van der Waals surface area (Å²) in [5.41, 5.74) is 0.561. The fraction of sp³-hybridized carbons (Fsp3) is 0.682. The van der Waals surface area contributed by atoms with E-state index in [9.17, 15) is 9.90 Å². The molecule has 1 rings (SSSR count). The van der Waals surface area contributed by atoms with Gasteiger partial charge in [0, 0.05) is 10.8 Å². The van der Waals surface area contributed by atoms with Crippen LogP contribution in [0.15, 0.2) is 18.2 Å². The summed E-state index contributed by atoms with van der Waals surface area (Å²) >= 11 is 4.66. The molecule has 0 aliphatic rings. The molecule has 0 saturated heterocycles. The van der Waals surface area contributed by atoms with Crippen molar-refractivity contribution >= 4 is 18.6 Å². The Morgan fingerprint density at radius 3 is 2.19 bits per heavy atom. The zero-order chi connectivity index (χ0) is 19.7. The molecule has 1 aromatic rings. The first-order chi connectivity index (χ1) is 12.3. The molecular formula is C22H36O3S. The normalized spacial score (nSPS) is 16.0. The van der Waals surface area contributed by atoms with Gasteiger partial charge in [-0.05, 0) is 30.2 Å². The number of thiol groups is 1. The monoisotopic (exact) mass is 380 g/mol. The van der Waals surface area contributed by atoms with Gasteiger partial charge in [-0.3, -0.25) is 0 Å². The number of benzene rings is 1. The highest BCUT2D eigenvalue weighted by atomic mass is 32.1. The van der Waals surface area contributed by atoms with Gasteiger partial charge in [0.1, 0.15) is 11.3 Å². The lowest BCUT2D eigenvalue weighted by atomic mass is 9.90. The van der Waals surface area contributed by atoms with Gasteiger partial charge in [0.05, 0.1) is 0 Å². The smallest absolute Gasteiger partial charge is 0.339 e. The van der Waals surface area contributed by atoms with E-state index in [-0.39, 0.29) is 22.5 Å². The van der Waals surface area contributed by atoms with Crippen molar-refractivity contribution in [2.45, 2.75) is 77.9 Å². The molecule has 4 heteroatoms. The third kappa shape index (κ3) is 7.22. The molecule has 0 amide bonds. The van der Waals surface area contributed by atoms with Gasteiger partial charge in [-0.2, -0.15) is 12.6 Å². The molecule has 0 radical (unpaired) electrons. The van der Waals surface area contributed by atoms with Gasteiger partial charge in [-0.25, -0.2) is 4.79 Å². The summed E-state index contributed by atoms with van der Waals surface area (Å²) in [6.45, 7) is 9.04. The van der Waals surface area contributed by atoms with Gasteiger partial charge in [0.2, 0.25) is 0 Å². The van der Waals surface area contributed by atoms with Gasteiger partial charge >= 0.3 is 5.97 Å². The number of carbonyl (C=O) groups is 1. The Morgan fingerprint density at radius 2 is 1.62 bits per heavy atom. The first-order valence-electron chi connectivity index (χ1n) is 10.0. The zero-order valence-corrected chi connectivity index (χ0v) is 17.6. The maximum Gasteiger partial charge on any atom is 0.339 e. The lowest BCUT2D eigenvalue weighted by molar-refractivity contribution is 0.0693. The van der Waals surface area contributed by atoms with Crippen LogP contribution in [-0.2, 0) is 0 Å². The average Bonchev–Trinajstić information content (AvgIpc) is 2.60. The number of phenols is 1. The predicted octanol–water partition coefficient (Wildman–Crippen LogP) is 6.72. The van der Waals surface area contributed by atoms with Gasteiger partial charge in [0.15, 0.2) is 0 Å². The second kappa shape index (κ2) is 11.5. The van der Waals surface area contributed by atoms with Gasteiger partial charge < -0.3 is 10.2 Å². The van der Waals surface area contributed by atoms with Gasteiger partial charge in [0.25, 0.3) is 0 Å². The molecule has 0 spiro atoms. The molecular weight excluding hydrogens is 344 g/mol. The quantitative estimate of drug-likeness (QED) is 0.353. The summed E-state index contributed by atoms with van der Waals surface area (Å²) in [6.07, 6.45) is 8.59. The first kappa shape index (κ1) is 22.9. The zero-order valence-electron chi connectivity index (χ0n) is 16.7. The van der Waals surface area contributed by atoms with E-state index < -0.39 is 5.97 Å². The summed E-state index contributed by atoms with van der Waals surface area (Å²) in [5.74, 6) is 0.601. The maximum atomic E-state index is 11.2. The highest BCUT2D eigenvalue weighted by molar-refractivity contribution is 7.80. The number of aromatic hydroxyl groups is 1. The second-order valence-electron chi connectivity index (χ2n) is 7.95. The van der Waals surface area contributed by atoms with Crippen molar-refractivity contribution in [2.75, 3.05) is 0 Å². The van der Waals surface area contributed by atoms with E-state index in [1.807, 2.05) is 0 Å². The lowest BCUT2D eigenvalue weighted by Crippen LogP contribution is -2.08. The van der Waals surface area contributed by atoms with Crippen LogP contribution in [0.25, 0.3) is 0 Å². The van der Waals surface area contributed by atoms with Crippen molar-refractivity contribution in [2.24, 2.45) is 17.8 Å².